The van der Waals surface area contributed by atoms with Crippen LogP contribution < -0.4 is 5.32 Å². The standard InChI is InChI=1S/C14H22ClN3O3S2.ClH/c1-16-7-2-4-13(19)17-8-3-9-18(11-10-17)23(20,21)14-6-5-12(15)22-14;/h5-6,16H,2-4,7-11H2,1H3;1H. The molecule has 0 atom stereocenters. The Hall–Kier alpha value is -0.380. The van der Waals surface area contributed by atoms with E-state index < -0.39 is 10.0 Å². The average molecular weight is 416 g/mol. The van der Waals surface area contributed by atoms with Crippen molar-refractivity contribution in [1.82, 2.24) is 14.5 Å². The molecule has 10 heteroatoms. The first-order valence-electron chi connectivity index (χ1n) is 7.63. The highest BCUT2D eigenvalue weighted by Crippen LogP contribution is 2.28. The number of hydrogen-bond donors (Lipinski definition) is 1. The van der Waals surface area contributed by atoms with E-state index in [2.05, 4.69) is 5.32 Å². The lowest BCUT2D eigenvalue weighted by molar-refractivity contribution is -0.131. The van der Waals surface area contributed by atoms with Gasteiger partial charge >= 0.3 is 0 Å². The summed E-state index contributed by atoms with van der Waals surface area (Å²) < 4.78 is 27.4. The minimum atomic E-state index is -3.52. The summed E-state index contributed by atoms with van der Waals surface area (Å²) in [4.78, 5) is 13.9. The quantitative estimate of drug-likeness (QED) is 0.721. The third-order valence-corrected chi connectivity index (χ3v) is 7.36. The normalized spacial score (nSPS) is 16.5. The molecule has 1 N–H and O–H groups in total. The third-order valence-electron chi connectivity index (χ3n) is 3.77. The fourth-order valence-electron chi connectivity index (χ4n) is 2.52. The minimum absolute atomic E-state index is 0. The van der Waals surface area contributed by atoms with E-state index in [0.717, 1.165) is 24.3 Å². The van der Waals surface area contributed by atoms with Crippen molar-refractivity contribution in [2.24, 2.45) is 0 Å². The van der Waals surface area contributed by atoms with Gasteiger partial charge in [-0.1, -0.05) is 11.6 Å². The predicted molar refractivity (Wildman–Crippen MR) is 99.7 cm³/mol. The Bertz CT molecular complexity index is 637. The molecule has 1 aliphatic rings. The number of halogens is 2. The second kappa shape index (κ2) is 9.94. The van der Waals surface area contributed by atoms with Gasteiger partial charge < -0.3 is 10.2 Å². The highest BCUT2D eigenvalue weighted by atomic mass is 35.5. The summed E-state index contributed by atoms with van der Waals surface area (Å²) in [5, 5.41) is 3.02. The monoisotopic (exact) mass is 415 g/mol. The Kier molecular flexibility index (Phi) is 8.97. The van der Waals surface area contributed by atoms with Gasteiger partial charge in [0.1, 0.15) is 4.21 Å². The number of amides is 1. The van der Waals surface area contributed by atoms with Crippen molar-refractivity contribution in [2.75, 3.05) is 39.8 Å². The molecular weight excluding hydrogens is 393 g/mol. The van der Waals surface area contributed by atoms with E-state index in [9.17, 15) is 13.2 Å². The van der Waals surface area contributed by atoms with Crippen LogP contribution in [0.2, 0.25) is 4.34 Å². The zero-order chi connectivity index (χ0) is 16.9. The fourth-order valence-corrected chi connectivity index (χ4v) is 5.63. The van der Waals surface area contributed by atoms with E-state index in [1.807, 2.05) is 7.05 Å². The summed E-state index contributed by atoms with van der Waals surface area (Å²) >= 11 is 6.90. The van der Waals surface area contributed by atoms with Crippen molar-refractivity contribution in [2.45, 2.75) is 23.5 Å². The highest BCUT2D eigenvalue weighted by molar-refractivity contribution is 7.91. The molecule has 1 saturated heterocycles. The number of nitrogens with zero attached hydrogens (tertiary/aromatic N) is 2. The Balaban J connectivity index is 0.00000288. The van der Waals surface area contributed by atoms with E-state index in [1.165, 1.54) is 10.4 Å². The number of sulfonamides is 1. The Morgan fingerprint density at radius 3 is 2.67 bits per heavy atom. The molecule has 0 radical (unpaired) electrons. The van der Waals surface area contributed by atoms with Gasteiger partial charge in [0.25, 0.3) is 10.0 Å². The van der Waals surface area contributed by atoms with Crippen LogP contribution in [0.1, 0.15) is 19.3 Å². The molecule has 0 bridgehead atoms. The van der Waals surface area contributed by atoms with E-state index in [-0.39, 0.29) is 22.5 Å². The lowest BCUT2D eigenvalue weighted by Crippen LogP contribution is -2.37. The van der Waals surface area contributed by atoms with E-state index in [4.69, 9.17) is 11.6 Å². The Morgan fingerprint density at radius 1 is 1.29 bits per heavy atom. The molecule has 1 amide bonds. The van der Waals surface area contributed by atoms with E-state index in [0.29, 0.717) is 43.4 Å². The minimum Gasteiger partial charge on any atom is -0.341 e. The maximum atomic E-state index is 12.6. The zero-order valence-corrected chi connectivity index (χ0v) is 16.7. The summed E-state index contributed by atoms with van der Waals surface area (Å²) in [6.45, 7) is 2.61. The van der Waals surface area contributed by atoms with Gasteiger partial charge in [0.2, 0.25) is 5.91 Å². The summed E-state index contributed by atoms with van der Waals surface area (Å²) in [6.07, 6.45) is 1.94. The van der Waals surface area contributed by atoms with Crippen molar-refractivity contribution in [3.63, 3.8) is 0 Å². The molecule has 1 aromatic rings. The Labute approximate surface area is 158 Å². The SMILES string of the molecule is CNCCCC(=O)N1CCCN(S(=O)(=O)c2ccc(Cl)s2)CC1.Cl. The molecule has 1 aliphatic heterocycles. The molecule has 1 fully saturated rings. The van der Waals surface area contributed by atoms with E-state index >= 15 is 0 Å². The van der Waals surface area contributed by atoms with Gasteiger partial charge in [0, 0.05) is 32.6 Å². The van der Waals surface area contributed by atoms with Crippen molar-refractivity contribution in [1.29, 1.82) is 0 Å². The first-order valence-corrected chi connectivity index (χ1v) is 10.3. The lowest BCUT2D eigenvalue weighted by atomic mass is 10.2. The molecule has 1 aromatic heterocycles. The molecule has 24 heavy (non-hydrogen) atoms. The van der Waals surface area contributed by atoms with Crippen LogP contribution in [0.15, 0.2) is 16.3 Å². The molecule has 2 heterocycles. The summed E-state index contributed by atoms with van der Waals surface area (Å²) in [6, 6.07) is 3.13. The summed E-state index contributed by atoms with van der Waals surface area (Å²) in [5.41, 5.74) is 0. The fraction of sp³-hybridized carbons (Fsp3) is 0.643. The molecule has 0 unspecified atom stereocenters. The number of thiophene rings is 1. The first-order chi connectivity index (χ1) is 10.9. The van der Waals surface area contributed by atoms with Crippen molar-refractivity contribution in [3.05, 3.63) is 16.5 Å². The number of carbonyl (C=O) groups excluding carboxylic acids is 1. The van der Waals surface area contributed by atoms with Gasteiger partial charge in [0.15, 0.2) is 0 Å². The molecule has 0 aliphatic carbocycles. The second-order valence-corrected chi connectivity index (χ2v) is 9.28. The maximum absolute atomic E-state index is 12.6. The van der Waals surface area contributed by atoms with Crippen LogP contribution in [0.5, 0.6) is 0 Å². The smallest absolute Gasteiger partial charge is 0.252 e. The predicted octanol–water partition coefficient (Wildman–Crippen LogP) is 2.05. The van der Waals surface area contributed by atoms with E-state index in [1.54, 1.807) is 11.0 Å². The van der Waals surface area contributed by atoms with Crippen molar-refractivity contribution >= 4 is 51.3 Å². The topological polar surface area (TPSA) is 69.7 Å². The van der Waals surface area contributed by atoms with Crippen LogP contribution in [-0.4, -0.2) is 63.3 Å². The molecular formula is C14H23Cl2N3O3S2. The first kappa shape index (κ1) is 21.7. The maximum Gasteiger partial charge on any atom is 0.252 e. The lowest BCUT2D eigenvalue weighted by Gasteiger charge is -2.21. The summed E-state index contributed by atoms with van der Waals surface area (Å²) in [5.74, 6) is 0.0960. The number of nitrogens with one attached hydrogen (secondary N) is 1. The molecule has 0 spiro atoms. The van der Waals surface area contributed by atoms with Crippen LogP contribution in [0.25, 0.3) is 0 Å². The second-order valence-electron chi connectivity index (χ2n) is 5.40. The van der Waals surface area contributed by atoms with Crippen LogP contribution in [-0.2, 0) is 14.8 Å². The van der Waals surface area contributed by atoms with Gasteiger partial charge in [0.05, 0.1) is 4.34 Å². The van der Waals surface area contributed by atoms with Gasteiger partial charge in [-0.05, 0) is 38.6 Å². The number of rotatable bonds is 6. The van der Waals surface area contributed by atoms with Gasteiger partial charge in [-0.15, -0.1) is 23.7 Å². The largest absolute Gasteiger partial charge is 0.341 e. The molecule has 6 nitrogen and oxygen atoms in total. The van der Waals surface area contributed by atoms with Crippen LogP contribution >= 0.6 is 35.3 Å². The third kappa shape index (κ3) is 5.57. The highest BCUT2D eigenvalue weighted by Gasteiger charge is 2.29. The molecule has 138 valence electrons. The molecule has 0 aromatic carbocycles. The van der Waals surface area contributed by atoms with Crippen LogP contribution in [0, 0.1) is 0 Å². The van der Waals surface area contributed by atoms with Crippen molar-refractivity contribution in [3.8, 4) is 0 Å². The van der Waals surface area contributed by atoms with Crippen molar-refractivity contribution < 1.29 is 13.2 Å². The number of carbonyl (C=O) groups is 1. The van der Waals surface area contributed by atoms with Crippen LogP contribution in [0.4, 0.5) is 0 Å². The zero-order valence-electron chi connectivity index (χ0n) is 13.5. The molecule has 2 rings (SSSR count). The molecule has 0 saturated carbocycles. The Morgan fingerprint density at radius 2 is 2.04 bits per heavy atom. The van der Waals surface area contributed by atoms with Crippen LogP contribution in [0.3, 0.4) is 0 Å². The number of hydrogen-bond acceptors (Lipinski definition) is 5. The van der Waals surface area contributed by atoms with Gasteiger partial charge in [-0.2, -0.15) is 4.31 Å². The summed E-state index contributed by atoms with van der Waals surface area (Å²) in [7, 11) is -1.66. The average Bonchev–Trinajstić information content (AvgIpc) is 2.81. The van der Waals surface area contributed by atoms with Gasteiger partial charge in [-0.3, -0.25) is 4.79 Å². The van der Waals surface area contributed by atoms with Gasteiger partial charge in [-0.25, -0.2) is 8.42 Å².